The highest BCUT2D eigenvalue weighted by molar-refractivity contribution is 5.78. The second-order valence-electron chi connectivity index (χ2n) is 6.86. The molecule has 2 aliphatic heterocycles. The third kappa shape index (κ3) is 3.24. The molecule has 2 aromatic rings. The smallest absolute Gasteiger partial charge is 0.260 e. The molecule has 1 amide bonds. The van der Waals surface area contributed by atoms with Gasteiger partial charge in [-0.1, -0.05) is 23.4 Å². The number of ether oxygens (including phenoxy) is 2. The van der Waals surface area contributed by atoms with E-state index in [2.05, 4.69) is 10.1 Å². The predicted octanol–water partition coefficient (Wildman–Crippen LogP) is 1.47. The van der Waals surface area contributed by atoms with Crippen LogP contribution in [0.2, 0.25) is 0 Å². The van der Waals surface area contributed by atoms with E-state index < -0.39 is 0 Å². The van der Waals surface area contributed by atoms with E-state index in [9.17, 15) is 4.79 Å². The normalized spacial score (nSPS) is 25.2. The molecule has 1 aromatic heterocycles. The summed E-state index contributed by atoms with van der Waals surface area (Å²) in [7, 11) is 0. The number of benzene rings is 1. The number of aromatic nitrogens is 2. The predicted molar refractivity (Wildman–Crippen MR) is 88.0 cm³/mol. The summed E-state index contributed by atoms with van der Waals surface area (Å²) in [6.07, 6.45) is 0.641. The number of hydrogen-bond donors (Lipinski definition) is 0. The molecule has 3 heterocycles. The van der Waals surface area contributed by atoms with Gasteiger partial charge in [0.1, 0.15) is 5.75 Å². The lowest BCUT2D eigenvalue weighted by Gasteiger charge is -2.25. The molecule has 0 N–H and O–H groups in total. The number of aryl methyl sites for hydroxylation is 1. The Labute approximate surface area is 145 Å². The molecular formula is C18H21N3O4. The van der Waals surface area contributed by atoms with Crippen LogP contribution in [0.15, 0.2) is 34.9 Å². The molecule has 25 heavy (non-hydrogen) atoms. The molecule has 0 saturated carbocycles. The molecule has 0 radical (unpaired) electrons. The van der Waals surface area contributed by atoms with E-state index in [-0.39, 0.29) is 17.9 Å². The summed E-state index contributed by atoms with van der Waals surface area (Å²) in [5.41, 5.74) is -0.138. The minimum absolute atomic E-state index is 0.000613. The van der Waals surface area contributed by atoms with Gasteiger partial charge in [0, 0.05) is 30.8 Å². The number of likely N-dealkylation sites (tertiary alicyclic amines) is 1. The summed E-state index contributed by atoms with van der Waals surface area (Å²) < 4.78 is 16.6. The number of fused-ring (bicyclic) bond motifs is 1. The lowest BCUT2D eigenvalue weighted by molar-refractivity contribution is -0.133. The molecule has 7 nitrogen and oxygen atoms in total. The molecule has 2 fully saturated rings. The van der Waals surface area contributed by atoms with Gasteiger partial charge in [0.05, 0.1) is 13.2 Å². The Bertz CT molecular complexity index is 748. The Hall–Kier alpha value is -2.41. The van der Waals surface area contributed by atoms with Gasteiger partial charge in [-0.3, -0.25) is 4.79 Å². The zero-order valence-electron chi connectivity index (χ0n) is 14.2. The minimum Gasteiger partial charge on any atom is -0.484 e. The molecule has 4 rings (SSSR count). The third-order valence-corrected chi connectivity index (χ3v) is 5.05. The quantitative estimate of drug-likeness (QED) is 0.818. The number of hydrogen-bond acceptors (Lipinski definition) is 6. The fourth-order valence-corrected chi connectivity index (χ4v) is 3.74. The van der Waals surface area contributed by atoms with Crippen LogP contribution in [-0.4, -0.2) is 53.9 Å². The van der Waals surface area contributed by atoms with Crippen LogP contribution < -0.4 is 4.74 Å². The van der Waals surface area contributed by atoms with Gasteiger partial charge in [-0.25, -0.2) is 0 Å². The van der Waals surface area contributed by atoms with Crippen molar-refractivity contribution < 1.29 is 18.8 Å². The van der Waals surface area contributed by atoms with Gasteiger partial charge in [0.25, 0.3) is 5.91 Å². The summed E-state index contributed by atoms with van der Waals surface area (Å²) in [6.45, 7) is 4.45. The zero-order valence-corrected chi connectivity index (χ0v) is 14.2. The summed E-state index contributed by atoms with van der Waals surface area (Å²) >= 11 is 0. The minimum atomic E-state index is -0.138. The molecule has 7 heteroatoms. The van der Waals surface area contributed by atoms with Crippen molar-refractivity contribution in [3.8, 4) is 5.75 Å². The number of rotatable bonds is 5. The molecule has 2 aliphatic rings. The second-order valence-corrected chi connectivity index (χ2v) is 6.86. The van der Waals surface area contributed by atoms with Gasteiger partial charge >= 0.3 is 0 Å². The Morgan fingerprint density at radius 3 is 3.00 bits per heavy atom. The summed E-state index contributed by atoms with van der Waals surface area (Å²) in [6, 6.07) is 9.38. The van der Waals surface area contributed by atoms with Crippen LogP contribution in [0.5, 0.6) is 5.75 Å². The first kappa shape index (κ1) is 16.1. The number of amides is 1. The van der Waals surface area contributed by atoms with Crippen molar-refractivity contribution in [1.29, 1.82) is 0 Å². The highest BCUT2D eigenvalue weighted by atomic mass is 16.5. The molecule has 2 atom stereocenters. The van der Waals surface area contributed by atoms with E-state index >= 15 is 0 Å². The first-order valence-corrected chi connectivity index (χ1v) is 8.47. The first-order chi connectivity index (χ1) is 12.1. The van der Waals surface area contributed by atoms with E-state index in [1.54, 1.807) is 6.92 Å². The molecule has 132 valence electrons. The van der Waals surface area contributed by atoms with E-state index in [1.807, 2.05) is 35.2 Å². The van der Waals surface area contributed by atoms with Gasteiger partial charge in [0.2, 0.25) is 5.89 Å². The topological polar surface area (TPSA) is 77.7 Å². The number of carbonyl (C=O) groups is 1. The molecular weight excluding hydrogens is 322 g/mol. The van der Waals surface area contributed by atoms with Gasteiger partial charge in [0.15, 0.2) is 12.4 Å². The third-order valence-electron chi connectivity index (χ3n) is 5.05. The number of carbonyl (C=O) groups excluding carboxylic acids is 1. The molecule has 2 saturated heterocycles. The van der Waals surface area contributed by atoms with Crippen molar-refractivity contribution in [3.63, 3.8) is 0 Å². The number of para-hydroxylation sites is 1. The van der Waals surface area contributed by atoms with E-state index in [1.165, 1.54) is 0 Å². The monoisotopic (exact) mass is 343 g/mol. The van der Waals surface area contributed by atoms with Crippen molar-refractivity contribution >= 4 is 5.91 Å². The molecule has 0 bridgehead atoms. The van der Waals surface area contributed by atoms with Crippen molar-refractivity contribution in [1.82, 2.24) is 15.0 Å². The zero-order chi connectivity index (χ0) is 17.3. The van der Waals surface area contributed by atoms with Crippen molar-refractivity contribution in [3.05, 3.63) is 42.0 Å². The summed E-state index contributed by atoms with van der Waals surface area (Å²) in [5, 5.41) is 3.86. The van der Waals surface area contributed by atoms with Crippen LogP contribution in [0.25, 0.3) is 0 Å². The van der Waals surface area contributed by atoms with Crippen molar-refractivity contribution in [2.45, 2.75) is 13.3 Å². The fraction of sp³-hybridized carbons (Fsp3) is 0.500. The maximum absolute atomic E-state index is 12.6. The van der Waals surface area contributed by atoms with E-state index in [0.29, 0.717) is 56.1 Å². The average molecular weight is 343 g/mol. The highest BCUT2D eigenvalue weighted by Gasteiger charge is 2.52. The molecule has 0 aliphatic carbocycles. The Kier molecular flexibility index (Phi) is 4.17. The standard InChI is InChI=1S/C18H21N3O4/c1-13-19-16(25-20-13)7-18-11-21(8-14(18)9-23-12-18)17(22)10-24-15-5-3-2-4-6-15/h2-6,14H,7-12H2,1H3/t14-,18+/m0/s1. The highest BCUT2D eigenvalue weighted by Crippen LogP contribution is 2.43. The van der Waals surface area contributed by atoms with Crippen molar-refractivity contribution in [2.24, 2.45) is 11.3 Å². The summed E-state index contributed by atoms with van der Waals surface area (Å²) in [5.74, 6) is 2.24. The van der Waals surface area contributed by atoms with E-state index in [4.69, 9.17) is 14.0 Å². The van der Waals surface area contributed by atoms with E-state index in [0.717, 1.165) is 0 Å². The number of nitrogens with zero attached hydrogens (tertiary/aromatic N) is 3. The molecule has 0 unspecified atom stereocenters. The van der Waals surface area contributed by atoms with Gasteiger partial charge in [-0.15, -0.1) is 0 Å². The lowest BCUT2D eigenvalue weighted by atomic mass is 9.78. The molecule has 0 spiro atoms. The Balaban J connectivity index is 1.40. The largest absolute Gasteiger partial charge is 0.484 e. The summed E-state index contributed by atoms with van der Waals surface area (Å²) in [4.78, 5) is 18.7. The SMILES string of the molecule is Cc1noc(C[C@@]23COC[C@@H]2CN(C(=O)COc2ccccc2)C3)n1. The van der Waals surface area contributed by atoms with Gasteiger partial charge in [-0.05, 0) is 19.1 Å². The van der Waals surface area contributed by atoms with Crippen LogP contribution in [0.4, 0.5) is 0 Å². The second kappa shape index (κ2) is 6.48. The fourth-order valence-electron chi connectivity index (χ4n) is 3.74. The van der Waals surface area contributed by atoms with Gasteiger partial charge < -0.3 is 18.9 Å². The Morgan fingerprint density at radius 1 is 1.40 bits per heavy atom. The first-order valence-electron chi connectivity index (χ1n) is 8.47. The van der Waals surface area contributed by atoms with Crippen LogP contribution >= 0.6 is 0 Å². The lowest BCUT2D eigenvalue weighted by Crippen LogP contribution is -2.37. The average Bonchev–Trinajstić information content (AvgIpc) is 3.28. The maximum atomic E-state index is 12.6. The van der Waals surface area contributed by atoms with Crippen LogP contribution in [0.3, 0.4) is 0 Å². The van der Waals surface area contributed by atoms with Crippen LogP contribution in [0, 0.1) is 18.3 Å². The van der Waals surface area contributed by atoms with Crippen LogP contribution in [-0.2, 0) is 16.0 Å². The maximum Gasteiger partial charge on any atom is 0.260 e. The Morgan fingerprint density at radius 2 is 2.24 bits per heavy atom. The van der Waals surface area contributed by atoms with Gasteiger partial charge in [-0.2, -0.15) is 4.98 Å². The molecule has 1 aromatic carbocycles. The van der Waals surface area contributed by atoms with Crippen LogP contribution in [0.1, 0.15) is 11.7 Å². The van der Waals surface area contributed by atoms with Crippen molar-refractivity contribution in [2.75, 3.05) is 32.9 Å².